The topological polar surface area (TPSA) is 38.3 Å². The van der Waals surface area contributed by atoms with Crippen LogP contribution in [0.1, 0.15) is 19.8 Å². The number of halogens is 2. The van der Waals surface area contributed by atoms with Crippen molar-refractivity contribution in [1.82, 2.24) is 5.32 Å². The highest BCUT2D eigenvalue weighted by atomic mass is 35.5. The highest BCUT2D eigenvalue weighted by Crippen LogP contribution is 2.27. The molecule has 0 aliphatic carbocycles. The van der Waals surface area contributed by atoms with Gasteiger partial charge in [0.15, 0.2) is 0 Å². The third-order valence-electron chi connectivity index (χ3n) is 3.36. The second-order valence-electron chi connectivity index (χ2n) is 4.84. The molecule has 20 heavy (non-hydrogen) atoms. The largest absolute Gasteiger partial charge is 0.380 e. The SMILES string of the molecule is CCCNC1CCOCC1S(=O)c1ccc(Cl)c(Cl)c1. The van der Waals surface area contributed by atoms with E-state index in [0.29, 0.717) is 21.5 Å². The second-order valence-corrected chi connectivity index (χ2v) is 7.32. The molecule has 3 atom stereocenters. The number of rotatable bonds is 5. The van der Waals surface area contributed by atoms with Crippen LogP contribution >= 0.6 is 23.2 Å². The summed E-state index contributed by atoms with van der Waals surface area (Å²) in [6.07, 6.45) is 1.95. The predicted molar refractivity (Wildman–Crippen MR) is 84.2 cm³/mol. The van der Waals surface area contributed by atoms with Gasteiger partial charge in [0.25, 0.3) is 0 Å². The van der Waals surface area contributed by atoms with E-state index in [-0.39, 0.29) is 11.3 Å². The molecule has 3 nitrogen and oxygen atoms in total. The third kappa shape index (κ3) is 3.95. The normalized spacial score (nSPS) is 24.6. The van der Waals surface area contributed by atoms with Gasteiger partial charge in [-0.2, -0.15) is 0 Å². The monoisotopic (exact) mass is 335 g/mol. The molecule has 2 rings (SSSR count). The fraction of sp³-hybridized carbons (Fsp3) is 0.571. The molecule has 1 N–H and O–H groups in total. The Labute approximate surface area is 132 Å². The lowest BCUT2D eigenvalue weighted by molar-refractivity contribution is 0.0820. The molecule has 6 heteroatoms. The summed E-state index contributed by atoms with van der Waals surface area (Å²) < 4.78 is 18.2. The minimum absolute atomic E-state index is 0.0486. The van der Waals surface area contributed by atoms with Crippen LogP contribution in [0.3, 0.4) is 0 Å². The van der Waals surface area contributed by atoms with Crippen molar-refractivity contribution in [3.63, 3.8) is 0 Å². The van der Waals surface area contributed by atoms with Crippen LogP contribution in [0.15, 0.2) is 23.1 Å². The number of hydrogen-bond donors (Lipinski definition) is 1. The zero-order valence-corrected chi connectivity index (χ0v) is 13.7. The molecule has 1 heterocycles. The molecule has 0 spiro atoms. The first-order valence-corrected chi connectivity index (χ1v) is 8.77. The Bertz CT molecular complexity index is 484. The van der Waals surface area contributed by atoms with Crippen molar-refractivity contribution in [2.24, 2.45) is 0 Å². The molecular formula is C14H19Cl2NO2S. The molecule has 1 aromatic carbocycles. The van der Waals surface area contributed by atoms with Crippen molar-refractivity contribution < 1.29 is 8.95 Å². The van der Waals surface area contributed by atoms with Crippen molar-refractivity contribution in [2.75, 3.05) is 19.8 Å². The fourth-order valence-electron chi connectivity index (χ4n) is 2.26. The van der Waals surface area contributed by atoms with E-state index in [0.717, 1.165) is 26.0 Å². The highest BCUT2D eigenvalue weighted by Gasteiger charge is 2.31. The van der Waals surface area contributed by atoms with Gasteiger partial charge in [0.05, 0.1) is 32.7 Å². The number of benzene rings is 1. The number of nitrogens with one attached hydrogen (secondary N) is 1. The smallest absolute Gasteiger partial charge is 0.0782 e. The van der Waals surface area contributed by atoms with Gasteiger partial charge >= 0.3 is 0 Å². The van der Waals surface area contributed by atoms with Gasteiger partial charge in [-0.15, -0.1) is 0 Å². The summed E-state index contributed by atoms with van der Waals surface area (Å²) in [5.74, 6) is 0. The van der Waals surface area contributed by atoms with Gasteiger partial charge in [0.1, 0.15) is 0 Å². The van der Waals surface area contributed by atoms with Gasteiger partial charge in [-0.1, -0.05) is 30.1 Å². The van der Waals surface area contributed by atoms with Crippen molar-refractivity contribution in [1.29, 1.82) is 0 Å². The van der Waals surface area contributed by atoms with Crippen molar-refractivity contribution in [3.05, 3.63) is 28.2 Å². The quantitative estimate of drug-likeness (QED) is 0.897. The first-order valence-electron chi connectivity index (χ1n) is 6.80. The van der Waals surface area contributed by atoms with Crippen LogP contribution in [0.4, 0.5) is 0 Å². The third-order valence-corrected chi connectivity index (χ3v) is 5.83. The van der Waals surface area contributed by atoms with Crippen LogP contribution in [-0.4, -0.2) is 35.3 Å². The lowest BCUT2D eigenvalue weighted by atomic mass is 10.1. The van der Waals surface area contributed by atoms with E-state index in [2.05, 4.69) is 12.2 Å². The minimum Gasteiger partial charge on any atom is -0.380 e. The zero-order valence-electron chi connectivity index (χ0n) is 11.4. The fourth-order valence-corrected chi connectivity index (χ4v) is 4.16. The van der Waals surface area contributed by atoms with E-state index in [4.69, 9.17) is 27.9 Å². The molecule has 1 aliphatic rings. The number of hydrogen-bond acceptors (Lipinski definition) is 3. The van der Waals surface area contributed by atoms with E-state index in [1.54, 1.807) is 18.2 Å². The predicted octanol–water partition coefficient (Wildman–Crippen LogP) is 3.26. The lowest BCUT2D eigenvalue weighted by Gasteiger charge is -2.31. The second kappa shape index (κ2) is 7.76. The van der Waals surface area contributed by atoms with Gasteiger partial charge in [0, 0.05) is 17.5 Å². The molecule has 0 amide bonds. The maximum Gasteiger partial charge on any atom is 0.0782 e. The molecule has 0 aromatic heterocycles. The first-order chi connectivity index (χ1) is 9.63. The Kier molecular flexibility index (Phi) is 6.30. The summed E-state index contributed by atoms with van der Waals surface area (Å²) in [7, 11) is -1.15. The van der Waals surface area contributed by atoms with Gasteiger partial charge in [-0.05, 0) is 37.6 Å². The molecule has 1 saturated heterocycles. The highest BCUT2D eigenvalue weighted by molar-refractivity contribution is 7.85. The molecule has 0 saturated carbocycles. The van der Waals surface area contributed by atoms with Crippen LogP contribution in [0, 0.1) is 0 Å². The average molecular weight is 336 g/mol. The van der Waals surface area contributed by atoms with Crippen molar-refractivity contribution in [2.45, 2.75) is 36.0 Å². The average Bonchev–Trinajstić information content (AvgIpc) is 2.47. The van der Waals surface area contributed by atoms with Gasteiger partial charge in [0.2, 0.25) is 0 Å². The van der Waals surface area contributed by atoms with E-state index in [9.17, 15) is 4.21 Å². The Morgan fingerprint density at radius 2 is 2.20 bits per heavy atom. The Balaban J connectivity index is 2.14. The van der Waals surface area contributed by atoms with E-state index in [1.165, 1.54) is 0 Å². The molecular weight excluding hydrogens is 317 g/mol. The summed E-state index contributed by atoms with van der Waals surface area (Å²) in [6.45, 7) is 4.28. The van der Waals surface area contributed by atoms with Gasteiger partial charge < -0.3 is 10.1 Å². The summed E-state index contributed by atoms with van der Waals surface area (Å²) in [4.78, 5) is 0.707. The molecule has 0 bridgehead atoms. The van der Waals surface area contributed by atoms with Gasteiger partial charge in [-0.25, -0.2) is 0 Å². The van der Waals surface area contributed by atoms with E-state index in [1.807, 2.05) is 0 Å². The number of ether oxygens (including phenoxy) is 1. The molecule has 112 valence electrons. The van der Waals surface area contributed by atoms with Crippen LogP contribution in [0.2, 0.25) is 10.0 Å². The Hall–Kier alpha value is -0.130. The summed E-state index contributed by atoms with van der Waals surface area (Å²) in [6, 6.07) is 5.37. The maximum atomic E-state index is 12.7. The summed E-state index contributed by atoms with van der Waals surface area (Å²) in [5, 5.41) is 4.33. The summed E-state index contributed by atoms with van der Waals surface area (Å²) in [5.41, 5.74) is 0. The standard InChI is InChI=1S/C14H19Cl2NO2S/c1-2-6-17-13-5-7-19-9-14(13)20(18)10-3-4-11(15)12(16)8-10/h3-4,8,13-14,17H,2,5-7,9H2,1H3. The molecule has 1 aromatic rings. The van der Waals surface area contributed by atoms with Crippen LogP contribution in [-0.2, 0) is 15.5 Å². The minimum atomic E-state index is -1.15. The Morgan fingerprint density at radius 3 is 2.90 bits per heavy atom. The molecule has 3 unspecified atom stereocenters. The van der Waals surface area contributed by atoms with Crippen molar-refractivity contribution >= 4 is 34.0 Å². The van der Waals surface area contributed by atoms with Gasteiger partial charge in [-0.3, -0.25) is 4.21 Å². The summed E-state index contributed by atoms with van der Waals surface area (Å²) >= 11 is 11.9. The Morgan fingerprint density at radius 1 is 1.40 bits per heavy atom. The zero-order chi connectivity index (χ0) is 14.5. The molecule has 0 radical (unpaired) electrons. The van der Waals surface area contributed by atoms with Crippen LogP contribution in [0.5, 0.6) is 0 Å². The van der Waals surface area contributed by atoms with Crippen molar-refractivity contribution in [3.8, 4) is 0 Å². The van der Waals surface area contributed by atoms with Crippen LogP contribution in [0.25, 0.3) is 0 Å². The maximum absolute atomic E-state index is 12.7. The van der Waals surface area contributed by atoms with Crippen LogP contribution < -0.4 is 5.32 Å². The van der Waals surface area contributed by atoms with E-state index >= 15 is 0 Å². The van der Waals surface area contributed by atoms with E-state index < -0.39 is 10.8 Å². The first kappa shape index (κ1) is 16.2. The molecule has 1 aliphatic heterocycles. The lowest BCUT2D eigenvalue weighted by Crippen LogP contribution is -2.48. The molecule has 1 fully saturated rings.